The molecular formula is C9H18NO5S-. The fourth-order valence-electron chi connectivity index (χ4n) is 0.880. The van der Waals surface area contributed by atoms with Crippen LogP contribution in [0.3, 0.4) is 0 Å². The molecule has 0 unspecified atom stereocenters. The van der Waals surface area contributed by atoms with E-state index < -0.39 is 34.5 Å². The van der Waals surface area contributed by atoms with Crippen molar-refractivity contribution in [1.29, 1.82) is 0 Å². The van der Waals surface area contributed by atoms with Gasteiger partial charge >= 0.3 is 0 Å². The first-order valence-corrected chi connectivity index (χ1v) is 6.49. The van der Waals surface area contributed by atoms with Crippen LogP contribution in [-0.4, -0.2) is 43.5 Å². The second-order valence-electron chi connectivity index (χ2n) is 4.42. The number of aliphatic hydroxyl groups excluding tert-OH is 2. The largest absolute Gasteiger partial charge is 0.861 e. The minimum absolute atomic E-state index is 0.143. The van der Waals surface area contributed by atoms with E-state index in [1.54, 1.807) is 13.8 Å². The minimum Gasteiger partial charge on any atom is -0.861 e. The Balaban J connectivity index is 5.04. The maximum Gasteiger partial charge on any atom is 0.252 e. The van der Waals surface area contributed by atoms with E-state index in [9.17, 15) is 13.5 Å². The van der Waals surface area contributed by atoms with Crippen LogP contribution in [0.25, 0.3) is 0 Å². The molecular weight excluding hydrogens is 234 g/mol. The van der Waals surface area contributed by atoms with Gasteiger partial charge in [-0.3, -0.25) is 0 Å². The Labute approximate surface area is 95.7 Å². The molecule has 0 bridgehead atoms. The Morgan fingerprint density at radius 2 is 1.81 bits per heavy atom. The molecule has 96 valence electrons. The van der Waals surface area contributed by atoms with Crippen LogP contribution in [0, 0.1) is 11.3 Å². The summed E-state index contributed by atoms with van der Waals surface area (Å²) in [6.07, 6.45) is 0. The van der Waals surface area contributed by atoms with E-state index >= 15 is 0 Å². The fraction of sp³-hybridized carbons (Fsp3) is 0.889. The van der Waals surface area contributed by atoms with Gasteiger partial charge in [-0.25, -0.2) is 8.42 Å². The molecule has 2 N–H and O–H groups in total. The van der Waals surface area contributed by atoms with Gasteiger partial charge in [0.25, 0.3) is 10.0 Å². The van der Waals surface area contributed by atoms with Crippen LogP contribution in [0.15, 0.2) is 4.40 Å². The lowest BCUT2D eigenvalue weighted by atomic mass is 9.93. The molecule has 6 nitrogen and oxygen atoms in total. The van der Waals surface area contributed by atoms with Crippen molar-refractivity contribution in [2.45, 2.75) is 20.8 Å². The van der Waals surface area contributed by atoms with E-state index in [0.29, 0.717) is 0 Å². The van der Waals surface area contributed by atoms with Crippen molar-refractivity contribution in [3.63, 3.8) is 0 Å². The molecule has 0 fully saturated rings. The summed E-state index contributed by atoms with van der Waals surface area (Å²) in [6.45, 7) is 3.33. The maximum absolute atomic E-state index is 11.5. The van der Waals surface area contributed by atoms with Crippen LogP contribution in [-0.2, 0) is 10.0 Å². The van der Waals surface area contributed by atoms with Crippen LogP contribution in [0.5, 0.6) is 0 Å². The highest BCUT2D eigenvalue weighted by Gasteiger charge is 2.25. The molecule has 0 aromatic heterocycles. The third-order valence-electron chi connectivity index (χ3n) is 1.98. The molecule has 0 aromatic rings. The predicted molar refractivity (Wildman–Crippen MR) is 58.3 cm³/mol. The average Bonchev–Trinajstić information content (AvgIpc) is 2.13. The average molecular weight is 252 g/mol. The van der Waals surface area contributed by atoms with E-state index in [1.165, 1.54) is 6.92 Å². The first-order chi connectivity index (χ1) is 7.17. The molecule has 0 heterocycles. The zero-order valence-electron chi connectivity index (χ0n) is 9.67. The highest BCUT2D eigenvalue weighted by molar-refractivity contribution is 7.90. The first-order valence-electron chi connectivity index (χ1n) is 4.88. The summed E-state index contributed by atoms with van der Waals surface area (Å²) >= 11 is 0. The van der Waals surface area contributed by atoms with Crippen molar-refractivity contribution in [3.8, 4) is 0 Å². The van der Waals surface area contributed by atoms with Gasteiger partial charge in [-0.2, -0.15) is 4.40 Å². The zero-order valence-corrected chi connectivity index (χ0v) is 10.5. The van der Waals surface area contributed by atoms with Crippen molar-refractivity contribution in [3.05, 3.63) is 0 Å². The summed E-state index contributed by atoms with van der Waals surface area (Å²) in [4.78, 5) is 0. The number of aliphatic hydroxyl groups is 2. The van der Waals surface area contributed by atoms with Crippen molar-refractivity contribution in [2.75, 3.05) is 19.0 Å². The molecule has 7 heteroatoms. The minimum atomic E-state index is -3.83. The van der Waals surface area contributed by atoms with Gasteiger partial charge in [0.15, 0.2) is 0 Å². The highest BCUT2D eigenvalue weighted by Crippen LogP contribution is 2.15. The number of sulfonamides is 1. The van der Waals surface area contributed by atoms with Gasteiger partial charge in [-0.05, 0) is 11.8 Å². The molecule has 0 aliphatic carbocycles. The van der Waals surface area contributed by atoms with E-state index in [-0.39, 0.29) is 11.7 Å². The first kappa shape index (κ1) is 15.3. The quantitative estimate of drug-likeness (QED) is 0.452. The van der Waals surface area contributed by atoms with Gasteiger partial charge in [0, 0.05) is 5.41 Å². The SMILES string of the molecule is CC(C)CS(=O)(=O)/N=C(\[O-])C(C)(CO)CO. The number of hydrogen-bond acceptors (Lipinski definition) is 5. The molecule has 0 saturated carbocycles. The standard InChI is InChI=1S/C9H19NO5S/c1-7(2)4-16(14,15)10-8(13)9(3,5-11)6-12/h7,11-12H,4-6H2,1-3H3,(H,10,13)/p-1. The monoisotopic (exact) mass is 252 g/mol. The number of nitrogens with zero attached hydrogens (tertiary/aromatic N) is 1. The van der Waals surface area contributed by atoms with Gasteiger partial charge in [0.05, 0.1) is 19.0 Å². The third kappa shape index (κ3) is 4.46. The van der Waals surface area contributed by atoms with E-state index in [2.05, 4.69) is 4.40 Å². The van der Waals surface area contributed by atoms with Crippen molar-refractivity contribution in [1.82, 2.24) is 0 Å². The Hall–Kier alpha value is -0.660. The number of hydrogen-bond donors (Lipinski definition) is 2. The summed E-state index contributed by atoms with van der Waals surface area (Å²) in [5.41, 5.74) is -1.54. The van der Waals surface area contributed by atoms with E-state index in [0.717, 1.165) is 0 Å². The molecule has 0 rings (SSSR count). The molecule has 0 saturated heterocycles. The molecule has 0 atom stereocenters. The van der Waals surface area contributed by atoms with Gasteiger partial charge in [-0.15, -0.1) is 0 Å². The smallest absolute Gasteiger partial charge is 0.252 e. The summed E-state index contributed by atoms with van der Waals surface area (Å²) in [7, 11) is -3.83. The van der Waals surface area contributed by atoms with Crippen LogP contribution in [0.1, 0.15) is 20.8 Å². The maximum atomic E-state index is 11.5. The zero-order chi connectivity index (χ0) is 13.0. The Morgan fingerprint density at radius 3 is 2.12 bits per heavy atom. The van der Waals surface area contributed by atoms with Gasteiger partial charge < -0.3 is 15.3 Å². The van der Waals surface area contributed by atoms with Crippen LogP contribution in [0.4, 0.5) is 0 Å². The lowest BCUT2D eigenvalue weighted by molar-refractivity contribution is -0.233. The lowest BCUT2D eigenvalue weighted by Crippen LogP contribution is -2.44. The second-order valence-corrected chi connectivity index (χ2v) is 6.10. The van der Waals surface area contributed by atoms with E-state index in [1.807, 2.05) is 0 Å². The number of rotatable bonds is 6. The van der Waals surface area contributed by atoms with Crippen LogP contribution in [0.2, 0.25) is 0 Å². The predicted octanol–water partition coefficient (Wildman–Crippen LogP) is -1.28. The fourth-order valence-corrected chi connectivity index (χ4v) is 2.27. The Kier molecular flexibility index (Phi) is 5.37. The lowest BCUT2D eigenvalue weighted by Gasteiger charge is -2.30. The molecule has 0 amide bonds. The summed E-state index contributed by atoms with van der Waals surface area (Å²) in [5.74, 6) is -1.39. The molecule has 0 aliphatic heterocycles. The summed E-state index contributed by atoms with van der Waals surface area (Å²) in [5, 5.41) is 29.3. The third-order valence-corrected chi connectivity index (χ3v) is 3.51. The topological polar surface area (TPSA) is 110 Å². The van der Waals surface area contributed by atoms with Crippen molar-refractivity contribution < 1.29 is 23.7 Å². The van der Waals surface area contributed by atoms with Gasteiger partial charge in [0.2, 0.25) is 0 Å². The normalized spacial score (nSPS) is 14.5. The van der Waals surface area contributed by atoms with Crippen LogP contribution >= 0.6 is 0 Å². The molecule has 0 spiro atoms. The molecule has 0 aliphatic rings. The van der Waals surface area contributed by atoms with Gasteiger partial charge in [-0.1, -0.05) is 20.8 Å². The summed E-state index contributed by atoms with van der Waals surface area (Å²) < 4.78 is 25.8. The van der Waals surface area contributed by atoms with Crippen molar-refractivity contribution >= 4 is 15.9 Å². The van der Waals surface area contributed by atoms with Crippen molar-refractivity contribution in [2.24, 2.45) is 15.7 Å². The Bertz CT molecular complexity index is 343. The Morgan fingerprint density at radius 1 is 1.38 bits per heavy atom. The summed E-state index contributed by atoms with van der Waals surface area (Å²) in [6, 6.07) is 0. The highest BCUT2D eigenvalue weighted by atomic mass is 32.2. The molecule has 0 aromatic carbocycles. The van der Waals surface area contributed by atoms with Gasteiger partial charge in [0.1, 0.15) is 0 Å². The second kappa shape index (κ2) is 5.60. The molecule has 16 heavy (non-hydrogen) atoms. The van der Waals surface area contributed by atoms with E-state index in [4.69, 9.17) is 10.2 Å². The molecule has 0 radical (unpaired) electrons. The van der Waals surface area contributed by atoms with Crippen LogP contribution < -0.4 is 5.11 Å².